The van der Waals surface area contributed by atoms with Crippen LogP contribution in [0.15, 0.2) is 23.2 Å². The number of unbranched alkanes of at least 4 members (excludes halogenated alkanes) is 1. The highest BCUT2D eigenvalue weighted by atomic mass is 127. The zero-order valence-electron chi connectivity index (χ0n) is 11.0. The van der Waals surface area contributed by atoms with Crippen LogP contribution in [0.5, 0.6) is 0 Å². The molecule has 0 unspecified atom stereocenters. The summed E-state index contributed by atoms with van der Waals surface area (Å²) >= 11 is 0. The van der Waals surface area contributed by atoms with Gasteiger partial charge in [-0.25, -0.2) is 9.38 Å². The van der Waals surface area contributed by atoms with Crippen molar-refractivity contribution < 1.29 is 9.50 Å². The van der Waals surface area contributed by atoms with Crippen LogP contribution < -0.4 is 11.1 Å². The molecule has 108 valence electrons. The molecule has 1 aromatic rings. The molecule has 0 saturated carbocycles. The van der Waals surface area contributed by atoms with Crippen LogP contribution in [0.2, 0.25) is 0 Å². The quantitative estimate of drug-likeness (QED) is 0.306. The number of benzene rings is 1. The Kier molecular flexibility index (Phi) is 9.50. The minimum absolute atomic E-state index is 0. The standard InChI is InChI=1S/C13H20FN3O.HI/c1-2-3-6-16-13(15)17-8-10-4-5-12(14)11(7-10)9-18;/h4-5,7,18H,2-3,6,8-9H2,1H3,(H3,15,16,17);1H. The van der Waals surface area contributed by atoms with E-state index in [1.165, 1.54) is 6.07 Å². The summed E-state index contributed by atoms with van der Waals surface area (Å²) in [6, 6.07) is 4.56. The van der Waals surface area contributed by atoms with Crippen LogP contribution in [0.3, 0.4) is 0 Å². The highest BCUT2D eigenvalue weighted by Crippen LogP contribution is 2.11. The second-order valence-corrected chi connectivity index (χ2v) is 4.07. The number of nitrogens with one attached hydrogen (secondary N) is 1. The lowest BCUT2D eigenvalue weighted by Gasteiger charge is -2.05. The lowest BCUT2D eigenvalue weighted by Crippen LogP contribution is -2.32. The van der Waals surface area contributed by atoms with Crippen molar-refractivity contribution in [2.24, 2.45) is 10.7 Å². The van der Waals surface area contributed by atoms with E-state index in [9.17, 15) is 4.39 Å². The number of hydrogen-bond acceptors (Lipinski definition) is 2. The van der Waals surface area contributed by atoms with Gasteiger partial charge in [-0.2, -0.15) is 0 Å². The molecule has 4 nitrogen and oxygen atoms in total. The summed E-state index contributed by atoms with van der Waals surface area (Å²) in [4.78, 5) is 4.15. The molecule has 6 heteroatoms. The Hall–Kier alpha value is -0.890. The van der Waals surface area contributed by atoms with E-state index < -0.39 is 5.82 Å². The van der Waals surface area contributed by atoms with Crippen molar-refractivity contribution in [2.45, 2.75) is 32.9 Å². The minimum Gasteiger partial charge on any atom is -0.392 e. The van der Waals surface area contributed by atoms with Gasteiger partial charge in [0.05, 0.1) is 13.2 Å². The number of guanidine groups is 1. The Morgan fingerprint density at radius 2 is 2.21 bits per heavy atom. The summed E-state index contributed by atoms with van der Waals surface area (Å²) in [5.41, 5.74) is 6.78. The molecule has 0 aliphatic rings. The average Bonchev–Trinajstić information content (AvgIpc) is 2.38. The monoisotopic (exact) mass is 381 g/mol. The fourth-order valence-corrected chi connectivity index (χ4v) is 1.47. The molecule has 0 bridgehead atoms. The maximum absolute atomic E-state index is 13.1. The van der Waals surface area contributed by atoms with Crippen LogP contribution in [0.1, 0.15) is 30.9 Å². The van der Waals surface area contributed by atoms with Crippen molar-refractivity contribution in [1.82, 2.24) is 5.32 Å². The Balaban J connectivity index is 0.00000324. The summed E-state index contributed by atoms with van der Waals surface area (Å²) in [5, 5.41) is 11.9. The van der Waals surface area contributed by atoms with E-state index in [0.717, 1.165) is 24.9 Å². The van der Waals surface area contributed by atoms with Crippen LogP contribution >= 0.6 is 24.0 Å². The maximum atomic E-state index is 13.1. The highest BCUT2D eigenvalue weighted by molar-refractivity contribution is 14.0. The fraction of sp³-hybridized carbons (Fsp3) is 0.462. The van der Waals surface area contributed by atoms with E-state index in [2.05, 4.69) is 17.2 Å². The molecule has 0 heterocycles. The smallest absolute Gasteiger partial charge is 0.188 e. The summed E-state index contributed by atoms with van der Waals surface area (Å²) in [6.45, 7) is 2.97. The van der Waals surface area contributed by atoms with E-state index in [1.807, 2.05) is 0 Å². The van der Waals surface area contributed by atoms with Crippen molar-refractivity contribution in [2.75, 3.05) is 6.54 Å². The number of aliphatic hydroxyl groups is 1. The maximum Gasteiger partial charge on any atom is 0.188 e. The van der Waals surface area contributed by atoms with E-state index in [0.29, 0.717) is 12.5 Å². The van der Waals surface area contributed by atoms with Gasteiger partial charge in [0.15, 0.2) is 5.96 Å². The number of rotatable bonds is 6. The molecule has 1 aromatic carbocycles. The topological polar surface area (TPSA) is 70.6 Å². The van der Waals surface area contributed by atoms with Crippen molar-refractivity contribution in [3.8, 4) is 0 Å². The molecule has 0 aliphatic carbocycles. The summed E-state index contributed by atoms with van der Waals surface area (Å²) in [5.74, 6) is -0.0161. The van der Waals surface area contributed by atoms with Gasteiger partial charge in [0.1, 0.15) is 5.82 Å². The SMILES string of the molecule is CCCCNC(N)=NCc1ccc(F)c(CO)c1.I. The van der Waals surface area contributed by atoms with Gasteiger partial charge < -0.3 is 16.2 Å². The van der Waals surface area contributed by atoms with Crippen LogP contribution in [-0.4, -0.2) is 17.6 Å². The van der Waals surface area contributed by atoms with Crippen LogP contribution in [0, 0.1) is 5.82 Å². The molecule has 1 rings (SSSR count). The first kappa shape index (κ1) is 18.1. The van der Waals surface area contributed by atoms with E-state index in [1.54, 1.807) is 12.1 Å². The number of aliphatic hydroxyl groups excluding tert-OH is 1. The van der Waals surface area contributed by atoms with E-state index >= 15 is 0 Å². The first-order chi connectivity index (χ1) is 8.67. The Labute approximate surface area is 130 Å². The molecule has 0 atom stereocenters. The van der Waals surface area contributed by atoms with Gasteiger partial charge in [0, 0.05) is 12.1 Å². The third-order valence-corrected chi connectivity index (χ3v) is 2.55. The van der Waals surface area contributed by atoms with Crippen molar-refractivity contribution in [3.05, 3.63) is 35.1 Å². The number of nitrogens with two attached hydrogens (primary N) is 1. The fourth-order valence-electron chi connectivity index (χ4n) is 1.47. The van der Waals surface area contributed by atoms with Gasteiger partial charge >= 0.3 is 0 Å². The molecule has 0 aromatic heterocycles. The Bertz CT molecular complexity index is 413. The van der Waals surface area contributed by atoms with Crippen LogP contribution in [-0.2, 0) is 13.2 Å². The van der Waals surface area contributed by atoms with Gasteiger partial charge in [-0.3, -0.25) is 0 Å². The normalized spacial score (nSPS) is 11.0. The summed E-state index contributed by atoms with van der Waals surface area (Å²) in [6.07, 6.45) is 2.14. The Morgan fingerprint density at radius 3 is 2.84 bits per heavy atom. The largest absolute Gasteiger partial charge is 0.392 e. The van der Waals surface area contributed by atoms with E-state index in [-0.39, 0.29) is 36.1 Å². The highest BCUT2D eigenvalue weighted by Gasteiger charge is 2.02. The predicted octanol–water partition coefficient (Wildman–Crippen LogP) is 2.14. The minimum atomic E-state index is -0.403. The second kappa shape index (κ2) is 9.96. The molecular formula is C13H21FIN3O. The third-order valence-electron chi connectivity index (χ3n) is 2.55. The van der Waals surface area contributed by atoms with Crippen LogP contribution in [0.4, 0.5) is 4.39 Å². The van der Waals surface area contributed by atoms with Crippen molar-refractivity contribution in [3.63, 3.8) is 0 Å². The number of aliphatic imine (C=N–C) groups is 1. The Morgan fingerprint density at radius 1 is 1.47 bits per heavy atom. The summed E-state index contributed by atoms with van der Waals surface area (Å²) < 4.78 is 13.1. The number of halogens is 2. The van der Waals surface area contributed by atoms with Gasteiger partial charge in [-0.1, -0.05) is 19.4 Å². The first-order valence-corrected chi connectivity index (χ1v) is 6.09. The molecule has 19 heavy (non-hydrogen) atoms. The molecular weight excluding hydrogens is 360 g/mol. The molecule has 0 saturated heterocycles. The van der Waals surface area contributed by atoms with Crippen LogP contribution in [0.25, 0.3) is 0 Å². The zero-order valence-corrected chi connectivity index (χ0v) is 13.4. The molecule has 0 amide bonds. The number of hydrogen-bond donors (Lipinski definition) is 3. The predicted molar refractivity (Wildman–Crippen MR) is 86.0 cm³/mol. The molecule has 4 N–H and O–H groups in total. The van der Waals surface area contributed by atoms with E-state index in [4.69, 9.17) is 10.8 Å². The molecule has 0 aliphatic heterocycles. The molecule has 0 fully saturated rings. The molecule has 0 spiro atoms. The number of nitrogens with zero attached hydrogens (tertiary/aromatic N) is 1. The lowest BCUT2D eigenvalue weighted by atomic mass is 10.1. The average molecular weight is 381 g/mol. The van der Waals surface area contributed by atoms with Gasteiger partial charge in [0.2, 0.25) is 0 Å². The summed E-state index contributed by atoms with van der Waals surface area (Å²) in [7, 11) is 0. The van der Waals surface area contributed by atoms with Gasteiger partial charge in [0.25, 0.3) is 0 Å². The van der Waals surface area contributed by atoms with Gasteiger partial charge in [-0.15, -0.1) is 24.0 Å². The van der Waals surface area contributed by atoms with Gasteiger partial charge in [-0.05, 0) is 24.1 Å². The van der Waals surface area contributed by atoms with Crippen molar-refractivity contribution >= 4 is 29.9 Å². The third kappa shape index (κ3) is 6.72. The van der Waals surface area contributed by atoms with Crippen molar-refractivity contribution in [1.29, 1.82) is 0 Å². The lowest BCUT2D eigenvalue weighted by molar-refractivity contribution is 0.275. The zero-order chi connectivity index (χ0) is 13.4. The first-order valence-electron chi connectivity index (χ1n) is 6.09. The molecule has 0 radical (unpaired) electrons. The second-order valence-electron chi connectivity index (χ2n) is 4.07.